The van der Waals surface area contributed by atoms with Crippen LogP contribution in [0.1, 0.15) is 12.0 Å². The summed E-state index contributed by atoms with van der Waals surface area (Å²) in [4.78, 5) is 0. The molecule has 1 aromatic heterocycles. The highest BCUT2D eigenvalue weighted by atomic mass is 32.1. The van der Waals surface area contributed by atoms with Gasteiger partial charge in [0.25, 0.3) is 0 Å². The van der Waals surface area contributed by atoms with Crippen LogP contribution in [0.15, 0.2) is 16.8 Å². The third kappa shape index (κ3) is 4.19. The summed E-state index contributed by atoms with van der Waals surface area (Å²) in [5.74, 6) is 0. The molecule has 0 bridgehead atoms. The van der Waals surface area contributed by atoms with Crippen molar-refractivity contribution in [3.63, 3.8) is 0 Å². The maximum absolute atomic E-state index is 5.51. The highest BCUT2D eigenvalue weighted by Gasteiger charge is 2.02. The third-order valence-corrected chi connectivity index (χ3v) is 2.88. The highest BCUT2D eigenvalue weighted by molar-refractivity contribution is 7.07. The lowest BCUT2D eigenvalue weighted by molar-refractivity contribution is 0.102. The fourth-order valence-corrected chi connectivity index (χ4v) is 1.89. The van der Waals surface area contributed by atoms with E-state index in [1.54, 1.807) is 18.4 Å². The molecule has 1 unspecified atom stereocenters. The van der Waals surface area contributed by atoms with Gasteiger partial charge in [0, 0.05) is 20.2 Å². The SMILES string of the molecule is COC(CN)CCNCc1ccsc1. The average molecular weight is 214 g/mol. The van der Waals surface area contributed by atoms with Gasteiger partial charge in [-0.2, -0.15) is 11.3 Å². The predicted molar refractivity (Wildman–Crippen MR) is 60.5 cm³/mol. The molecule has 0 saturated heterocycles. The summed E-state index contributed by atoms with van der Waals surface area (Å²) in [5, 5.41) is 7.61. The summed E-state index contributed by atoms with van der Waals surface area (Å²) in [6.45, 7) is 2.48. The van der Waals surface area contributed by atoms with Gasteiger partial charge in [-0.3, -0.25) is 0 Å². The molecule has 0 fully saturated rings. The summed E-state index contributed by atoms with van der Waals surface area (Å²) in [7, 11) is 1.70. The van der Waals surface area contributed by atoms with Crippen molar-refractivity contribution in [3.05, 3.63) is 22.4 Å². The molecule has 1 aromatic rings. The van der Waals surface area contributed by atoms with Gasteiger partial charge < -0.3 is 15.8 Å². The van der Waals surface area contributed by atoms with Crippen molar-refractivity contribution in [1.29, 1.82) is 0 Å². The molecule has 0 saturated carbocycles. The van der Waals surface area contributed by atoms with Gasteiger partial charge in [-0.15, -0.1) is 0 Å². The Balaban J connectivity index is 2.04. The lowest BCUT2D eigenvalue weighted by Crippen LogP contribution is -2.27. The standard InChI is InChI=1S/C10H18N2OS/c1-13-10(6-11)2-4-12-7-9-3-5-14-8-9/h3,5,8,10,12H,2,4,6-7,11H2,1H3. The highest BCUT2D eigenvalue weighted by Crippen LogP contribution is 2.04. The molecule has 3 nitrogen and oxygen atoms in total. The zero-order valence-electron chi connectivity index (χ0n) is 8.53. The molecule has 4 heteroatoms. The number of rotatable bonds is 7. The molecule has 0 aliphatic carbocycles. The maximum atomic E-state index is 5.51. The summed E-state index contributed by atoms with van der Waals surface area (Å²) in [6, 6.07) is 2.13. The Labute approximate surface area is 89.3 Å². The molecular formula is C10H18N2OS. The number of methoxy groups -OCH3 is 1. The van der Waals surface area contributed by atoms with Crippen LogP contribution in [-0.4, -0.2) is 26.3 Å². The van der Waals surface area contributed by atoms with E-state index < -0.39 is 0 Å². The molecule has 14 heavy (non-hydrogen) atoms. The number of nitrogens with one attached hydrogen (secondary N) is 1. The van der Waals surface area contributed by atoms with Crippen LogP contribution >= 0.6 is 11.3 Å². The Morgan fingerprint density at radius 2 is 2.50 bits per heavy atom. The number of ether oxygens (including phenoxy) is 1. The van der Waals surface area contributed by atoms with Crippen LogP contribution in [0.2, 0.25) is 0 Å². The Morgan fingerprint density at radius 3 is 3.07 bits per heavy atom. The van der Waals surface area contributed by atoms with Crippen molar-refractivity contribution in [2.45, 2.75) is 19.1 Å². The fraction of sp³-hybridized carbons (Fsp3) is 0.600. The molecule has 1 atom stereocenters. The van der Waals surface area contributed by atoms with Crippen LogP contribution in [0.25, 0.3) is 0 Å². The topological polar surface area (TPSA) is 47.3 Å². The van der Waals surface area contributed by atoms with Gasteiger partial charge in [0.1, 0.15) is 0 Å². The Bertz CT molecular complexity index is 222. The third-order valence-electron chi connectivity index (χ3n) is 2.15. The van der Waals surface area contributed by atoms with Crippen molar-refractivity contribution < 1.29 is 4.74 Å². The smallest absolute Gasteiger partial charge is 0.0705 e. The van der Waals surface area contributed by atoms with Crippen LogP contribution in [0.5, 0.6) is 0 Å². The average Bonchev–Trinajstić information content (AvgIpc) is 2.71. The maximum Gasteiger partial charge on any atom is 0.0705 e. The molecule has 1 rings (SSSR count). The van der Waals surface area contributed by atoms with E-state index in [1.807, 2.05) is 0 Å². The van der Waals surface area contributed by atoms with Crippen molar-refractivity contribution in [1.82, 2.24) is 5.32 Å². The van der Waals surface area contributed by atoms with E-state index in [1.165, 1.54) is 5.56 Å². The number of nitrogens with two attached hydrogens (primary N) is 1. The quantitative estimate of drug-likeness (QED) is 0.671. The van der Waals surface area contributed by atoms with Crippen molar-refractivity contribution in [3.8, 4) is 0 Å². The zero-order valence-corrected chi connectivity index (χ0v) is 9.35. The van der Waals surface area contributed by atoms with E-state index in [4.69, 9.17) is 10.5 Å². The van der Waals surface area contributed by atoms with Gasteiger partial charge >= 0.3 is 0 Å². The Hall–Kier alpha value is -0.420. The zero-order chi connectivity index (χ0) is 10.2. The number of hydrogen-bond donors (Lipinski definition) is 2. The second-order valence-corrected chi connectivity index (χ2v) is 3.97. The summed E-state index contributed by atoms with van der Waals surface area (Å²) >= 11 is 1.73. The van der Waals surface area contributed by atoms with Crippen molar-refractivity contribution in [2.24, 2.45) is 5.73 Å². The summed E-state index contributed by atoms with van der Waals surface area (Å²) in [5.41, 5.74) is 6.85. The van der Waals surface area contributed by atoms with Gasteiger partial charge in [0.15, 0.2) is 0 Å². The van der Waals surface area contributed by atoms with Gasteiger partial charge in [0.2, 0.25) is 0 Å². The largest absolute Gasteiger partial charge is 0.380 e. The molecule has 0 aliphatic rings. The molecule has 3 N–H and O–H groups in total. The van der Waals surface area contributed by atoms with Crippen LogP contribution in [0.3, 0.4) is 0 Å². The van der Waals surface area contributed by atoms with Crippen LogP contribution in [-0.2, 0) is 11.3 Å². The molecule has 1 heterocycles. The molecule has 0 aromatic carbocycles. The van der Waals surface area contributed by atoms with Crippen molar-refractivity contribution in [2.75, 3.05) is 20.2 Å². The van der Waals surface area contributed by atoms with Gasteiger partial charge in [-0.05, 0) is 35.4 Å². The minimum atomic E-state index is 0.185. The van der Waals surface area contributed by atoms with E-state index in [9.17, 15) is 0 Å². The van der Waals surface area contributed by atoms with Crippen molar-refractivity contribution >= 4 is 11.3 Å². The van der Waals surface area contributed by atoms with E-state index in [2.05, 4.69) is 22.1 Å². The fourth-order valence-electron chi connectivity index (χ4n) is 1.22. The summed E-state index contributed by atoms with van der Waals surface area (Å²) < 4.78 is 5.17. The van der Waals surface area contributed by atoms with Gasteiger partial charge in [-0.1, -0.05) is 0 Å². The second-order valence-electron chi connectivity index (χ2n) is 3.19. The van der Waals surface area contributed by atoms with Crippen LogP contribution in [0, 0.1) is 0 Å². The van der Waals surface area contributed by atoms with Crippen LogP contribution in [0.4, 0.5) is 0 Å². The minimum absolute atomic E-state index is 0.185. The molecule has 0 spiro atoms. The lowest BCUT2D eigenvalue weighted by atomic mass is 10.2. The Kier molecular flexibility index (Phi) is 5.78. The first kappa shape index (κ1) is 11.7. The monoisotopic (exact) mass is 214 g/mol. The molecular weight excluding hydrogens is 196 g/mol. The lowest BCUT2D eigenvalue weighted by Gasteiger charge is -2.12. The van der Waals surface area contributed by atoms with E-state index >= 15 is 0 Å². The normalized spacial score (nSPS) is 13.0. The molecule has 0 amide bonds. The minimum Gasteiger partial charge on any atom is -0.380 e. The first-order valence-electron chi connectivity index (χ1n) is 4.81. The predicted octanol–water partition coefficient (Wildman–Crippen LogP) is 1.20. The van der Waals surface area contributed by atoms with Gasteiger partial charge in [-0.25, -0.2) is 0 Å². The summed E-state index contributed by atoms with van der Waals surface area (Å²) in [6.07, 6.45) is 1.15. The van der Waals surface area contributed by atoms with Gasteiger partial charge in [0.05, 0.1) is 6.10 Å². The van der Waals surface area contributed by atoms with E-state index in [0.29, 0.717) is 6.54 Å². The number of hydrogen-bond acceptors (Lipinski definition) is 4. The first-order chi connectivity index (χ1) is 6.86. The molecule has 0 aliphatic heterocycles. The Morgan fingerprint density at radius 1 is 1.64 bits per heavy atom. The molecule has 0 radical (unpaired) electrons. The van der Waals surface area contributed by atoms with E-state index in [0.717, 1.165) is 19.5 Å². The number of thiophene rings is 1. The van der Waals surface area contributed by atoms with E-state index in [-0.39, 0.29) is 6.10 Å². The second kappa shape index (κ2) is 6.95. The van der Waals surface area contributed by atoms with Crippen LogP contribution < -0.4 is 11.1 Å². The first-order valence-corrected chi connectivity index (χ1v) is 5.75. The molecule has 80 valence electrons.